The highest BCUT2D eigenvalue weighted by atomic mass is 32.2. The average Bonchev–Trinajstić information content (AvgIpc) is 3.52. The van der Waals surface area contributed by atoms with Gasteiger partial charge in [-0.25, -0.2) is 0 Å². The minimum Gasteiger partial charge on any atom is -0.493 e. The lowest BCUT2D eigenvalue weighted by atomic mass is 9.86. The van der Waals surface area contributed by atoms with Gasteiger partial charge in [0.05, 0.1) is 17.0 Å². The Balaban J connectivity index is 1.66. The largest absolute Gasteiger partial charge is 0.493 e. The second-order valence-electron chi connectivity index (χ2n) is 7.42. The molecule has 3 aliphatic rings. The molecule has 5 heterocycles. The molecular formula is C20H16N4O6S2. The monoisotopic (exact) mass is 472 g/mol. The quantitative estimate of drug-likeness (QED) is 0.539. The number of rotatable bonds is 3. The van der Waals surface area contributed by atoms with Crippen LogP contribution in [0.25, 0.3) is 0 Å². The number of aromatic nitrogens is 4. The number of aromatic hydroxyl groups is 2. The molecule has 1 aromatic carbocycles. The summed E-state index contributed by atoms with van der Waals surface area (Å²) in [5.74, 6) is 0.240. The first kappa shape index (κ1) is 19.6. The minimum atomic E-state index is -1.10. The standard InChI is InChI=1S/C20H16N4O6S2/c25-15-13(17(27)23-3-5-31-19(23)21-15)12(9-1-2-10-11(7-9)30-8-29-10)14-16(26)22-20-24(18(14)28)4-6-32-20/h1-2,7,12,25-26H,3-6,8H2. The van der Waals surface area contributed by atoms with Gasteiger partial charge in [0.25, 0.3) is 11.1 Å². The van der Waals surface area contributed by atoms with E-state index in [1.54, 1.807) is 18.2 Å². The van der Waals surface area contributed by atoms with Crippen molar-refractivity contribution in [1.29, 1.82) is 0 Å². The Kier molecular flexibility index (Phi) is 4.40. The van der Waals surface area contributed by atoms with Crippen molar-refractivity contribution in [2.24, 2.45) is 0 Å². The van der Waals surface area contributed by atoms with Gasteiger partial charge >= 0.3 is 0 Å². The van der Waals surface area contributed by atoms with Gasteiger partial charge in [-0.3, -0.25) is 18.7 Å². The highest BCUT2D eigenvalue weighted by Gasteiger charge is 2.35. The Hall–Kier alpha value is -3.12. The van der Waals surface area contributed by atoms with Crippen molar-refractivity contribution in [2.75, 3.05) is 18.3 Å². The number of benzene rings is 1. The first-order valence-corrected chi connectivity index (χ1v) is 11.8. The van der Waals surface area contributed by atoms with Gasteiger partial charge in [-0.2, -0.15) is 9.97 Å². The summed E-state index contributed by atoms with van der Waals surface area (Å²) in [7, 11) is 0. The van der Waals surface area contributed by atoms with Crippen LogP contribution in [0, 0.1) is 0 Å². The van der Waals surface area contributed by atoms with Crippen LogP contribution in [0.5, 0.6) is 23.3 Å². The summed E-state index contributed by atoms with van der Waals surface area (Å²) in [6, 6.07) is 4.99. The Labute approximate surface area is 188 Å². The molecule has 164 valence electrons. The fourth-order valence-corrected chi connectivity index (χ4v) is 6.10. The summed E-state index contributed by atoms with van der Waals surface area (Å²) in [5.41, 5.74) is -0.626. The number of nitrogens with zero attached hydrogens (tertiary/aromatic N) is 4. The van der Waals surface area contributed by atoms with Crippen LogP contribution in [-0.2, 0) is 13.1 Å². The Morgan fingerprint density at radius 2 is 1.44 bits per heavy atom. The molecule has 6 rings (SSSR count). The summed E-state index contributed by atoms with van der Waals surface area (Å²) >= 11 is 2.74. The third kappa shape index (κ3) is 2.82. The van der Waals surface area contributed by atoms with E-state index in [1.807, 2.05) is 0 Å². The molecule has 0 fully saturated rings. The van der Waals surface area contributed by atoms with E-state index in [0.29, 0.717) is 52.0 Å². The van der Waals surface area contributed by atoms with Crippen molar-refractivity contribution in [3.8, 4) is 23.3 Å². The molecule has 10 nitrogen and oxygen atoms in total. The molecule has 32 heavy (non-hydrogen) atoms. The van der Waals surface area contributed by atoms with Gasteiger partial charge in [0.15, 0.2) is 21.8 Å². The summed E-state index contributed by atoms with van der Waals surface area (Å²) in [6.07, 6.45) is 0. The number of thioether (sulfide) groups is 2. The molecule has 0 amide bonds. The Bertz CT molecular complexity index is 1320. The van der Waals surface area contributed by atoms with E-state index in [1.165, 1.54) is 32.7 Å². The van der Waals surface area contributed by atoms with Gasteiger partial charge in [-0.1, -0.05) is 29.6 Å². The molecule has 3 aliphatic heterocycles. The predicted molar refractivity (Wildman–Crippen MR) is 115 cm³/mol. The van der Waals surface area contributed by atoms with Crippen LogP contribution in [0.3, 0.4) is 0 Å². The number of hydrogen-bond donors (Lipinski definition) is 2. The number of hydrogen-bond acceptors (Lipinski definition) is 10. The summed E-state index contributed by atoms with van der Waals surface area (Å²) in [5, 5.41) is 22.5. The smallest absolute Gasteiger partial charge is 0.262 e. The van der Waals surface area contributed by atoms with Crippen LogP contribution in [0.1, 0.15) is 22.6 Å². The van der Waals surface area contributed by atoms with E-state index in [-0.39, 0.29) is 17.9 Å². The SMILES string of the molecule is O=c1c(C(c2ccc3c(c2)OCO3)c2c(O)nc3n(c2=O)CCS3)c(O)nc2n1CCS2. The zero-order valence-electron chi connectivity index (χ0n) is 16.5. The van der Waals surface area contributed by atoms with Crippen molar-refractivity contribution in [3.63, 3.8) is 0 Å². The molecule has 0 bridgehead atoms. The predicted octanol–water partition coefficient (Wildman–Crippen LogP) is 1.33. The second-order valence-corrected chi connectivity index (χ2v) is 9.54. The lowest BCUT2D eigenvalue weighted by molar-refractivity contribution is 0.174. The molecule has 0 unspecified atom stereocenters. The van der Waals surface area contributed by atoms with Crippen LogP contribution in [0.2, 0.25) is 0 Å². The Morgan fingerprint density at radius 1 is 0.875 bits per heavy atom. The molecule has 0 spiro atoms. The zero-order valence-corrected chi connectivity index (χ0v) is 18.1. The first-order valence-electron chi connectivity index (χ1n) is 9.85. The van der Waals surface area contributed by atoms with E-state index in [4.69, 9.17) is 9.47 Å². The fourth-order valence-electron chi connectivity index (χ4n) is 4.22. The van der Waals surface area contributed by atoms with E-state index in [2.05, 4.69) is 9.97 Å². The van der Waals surface area contributed by atoms with Crippen molar-refractivity contribution in [2.45, 2.75) is 29.3 Å². The summed E-state index contributed by atoms with van der Waals surface area (Å²) in [4.78, 5) is 35.3. The van der Waals surface area contributed by atoms with E-state index in [0.717, 1.165) is 0 Å². The van der Waals surface area contributed by atoms with Crippen molar-refractivity contribution in [3.05, 3.63) is 55.6 Å². The third-order valence-corrected chi connectivity index (χ3v) is 7.61. The normalized spacial score (nSPS) is 15.9. The molecule has 0 radical (unpaired) electrons. The van der Waals surface area contributed by atoms with Crippen LogP contribution < -0.4 is 20.6 Å². The highest BCUT2D eigenvalue weighted by molar-refractivity contribution is 7.99. The van der Waals surface area contributed by atoms with Gasteiger partial charge in [0.2, 0.25) is 18.6 Å². The third-order valence-electron chi connectivity index (χ3n) is 5.70. The average molecular weight is 473 g/mol. The molecule has 2 N–H and O–H groups in total. The van der Waals surface area contributed by atoms with Gasteiger partial charge in [0.1, 0.15) is 0 Å². The number of ether oxygens (including phenoxy) is 2. The van der Waals surface area contributed by atoms with Crippen LogP contribution in [0.4, 0.5) is 0 Å². The molecular weight excluding hydrogens is 456 g/mol. The van der Waals surface area contributed by atoms with Gasteiger partial charge in [-0.05, 0) is 17.7 Å². The highest BCUT2D eigenvalue weighted by Crippen LogP contribution is 2.42. The van der Waals surface area contributed by atoms with Gasteiger partial charge in [-0.15, -0.1) is 0 Å². The lowest BCUT2D eigenvalue weighted by Crippen LogP contribution is -2.32. The first-order chi connectivity index (χ1) is 15.5. The summed E-state index contributed by atoms with van der Waals surface area (Å²) < 4.78 is 13.8. The van der Waals surface area contributed by atoms with Crippen molar-refractivity contribution < 1.29 is 19.7 Å². The van der Waals surface area contributed by atoms with Gasteiger partial charge < -0.3 is 19.7 Å². The second kappa shape index (κ2) is 7.20. The topological polar surface area (TPSA) is 129 Å². The van der Waals surface area contributed by atoms with E-state index >= 15 is 0 Å². The molecule has 12 heteroatoms. The zero-order chi connectivity index (χ0) is 22.0. The molecule has 3 aromatic rings. The molecule has 0 aliphatic carbocycles. The maximum Gasteiger partial charge on any atom is 0.262 e. The molecule has 0 saturated carbocycles. The molecule has 0 atom stereocenters. The van der Waals surface area contributed by atoms with E-state index < -0.39 is 28.8 Å². The minimum absolute atomic E-state index is 0.0561. The van der Waals surface area contributed by atoms with Crippen molar-refractivity contribution in [1.82, 2.24) is 19.1 Å². The maximum absolute atomic E-state index is 13.4. The van der Waals surface area contributed by atoms with Gasteiger partial charge in [0, 0.05) is 24.6 Å². The summed E-state index contributed by atoms with van der Waals surface area (Å²) in [6.45, 7) is 0.939. The lowest BCUT2D eigenvalue weighted by Gasteiger charge is -2.20. The van der Waals surface area contributed by atoms with Crippen LogP contribution in [-0.4, -0.2) is 47.6 Å². The molecule has 0 saturated heterocycles. The maximum atomic E-state index is 13.4. The van der Waals surface area contributed by atoms with Crippen molar-refractivity contribution >= 4 is 23.5 Å². The van der Waals surface area contributed by atoms with Crippen LogP contribution in [0.15, 0.2) is 38.1 Å². The number of fused-ring (bicyclic) bond motifs is 3. The Morgan fingerprint density at radius 3 is 2.03 bits per heavy atom. The van der Waals surface area contributed by atoms with E-state index in [9.17, 15) is 19.8 Å². The van der Waals surface area contributed by atoms with Crippen LogP contribution >= 0.6 is 23.5 Å². The molecule has 2 aromatic heterocycles. The fraction of sp³-hybridized carbons (Fsp3) is 0.300.